The van der Waals surface area contributed by atoms with Crippen molar-refractivity contribution in [2.24, 2.45) is 11.7 Å². The molecule has 0 aliphatic rings. The molecule has 2 N–H and O–H groups in total. The van der Waals surface area contributed by atoms with E-state index in [0.29, 0.717) is 27.6 Å². The molecule has 0 aliphatic heterocycles. The molecule has 0 spiro atoms. The van der Waals surface area contributed by atoms with Crippen molar-refractivity contribution in [2.45, 2.75) is 31.3 Å². The second-order valence-corrected chi connectivity index (χ2v) is 11.2. The number of sulfone groups is 1. The fourth-order valence-electron chi connectivity index (χ4n) is 3.35. The molecule has 0 aliphatic carbocycles. The van der Waals surface area contributed by atoms with E-state index in [0.717, 1.165) is 4.70 Å². The first-order valence-corrected chi connectivity index (χ1v) is 12.9. The quantitative estimate of drug-likeness (QED) is 0.460. The minimum absolute atomic E-state index is 0.0291. The van der Waals surface area contributed by atoms with Crippen LogP contribution in [0.4, 0.5) is 0 Å². The summed E-state index contributed by atoms with van der Waals surface area (Å²) < 4.78 is 42.2. The molecular formula is C23H28N2O6S2. The molecule has 0 saturated carbocycles. The largest absolute Gasteiger partial charge is 0.493 e. The second kappa shape index (κ2) is 9.66. The topological polar surface area (TPSA) is 118 Å². The van der Waals surface area contributed by atoms with Crippen LogP contribution in [-0.4, -0.2) is 45.9 Å². The predicted molar refractivity (Wildman–Crippen MR) is 128 cm³/mol. The molecule has 0 saturated heterocycles. The van der Waals surface area contributed by atoms with Crippen molar-refractivity contribution in [1.82, 2.24) is 4.98 Å². The van der Waals surface area contributed by atoms with Gasteiger partial charge in [0, 0.05) is 17.7 Å². The molecule has 3 rings (SSSR count). The lowest BCUT2D eigenvalue weighted by atomic mass is 9.93. The van der Waals surface area contributed by atoms with Crippen molar-refractivity contribution < 1.29 is 27.4 Å². The molecule has 33 heavy (non-hydrogen) atoms. The summed E-state index contributed by atoms with van der Waals surface area (Å²) in [5.74, 6) is 0.370. The van der Waals surface area contributed by atoms with E-state index < -0.39 is 21.3 Å². The minimum atomic E-state index is -3.40. The SMILES string of the molecule is CCS(=O)(=O)c1ccc(C(OCC(C)C)(C(N)=O)c2nc3cc(OC)c(OC)cc3s2)cc1. The number of hydrogen-bond donors (Lipinski definition) is 1. The van der Waals surface area contributed by atoms with Crippen molar-refractivity contribution in [3.63, 3.8) is 0 Å². The number of carbonyl (C=O) groups is 1. The van der Waals surface area contributed by atoms with Crippen LogP contribution in [0.5, 0.6) is 11.5 Å². The van der Waals surface area contributed by atoms with Gasteiger partial charge in [0.05, 0.1) is 41.7 Å². The van der Waals surface area contributed by atoms with E-state index in [9.17, 15) is 13.2 Å². The highest BCUT2D eigenvalue weighted by Gasteiger charge is 2.45. The molecule has 0 bridgehead atoms. The summed E-state index contributed by atoms with van der Waals surface area (Å²) in [4.78, 5) is 17.8. The number of nitrogens with two attached hydrogens (primary N) is 1. The average Bonchev–Trinajstić information content (AvgIpc) is 3.21. The summed E-state index contributed by atoms with van der Waals surface area (Å²) in [7, 11) is -0.336. The van der Waals surface area contributed by atoms with E-state index in [1.807, 2.05) is 13.8 Å². The van der Waals surface area contributed by atoms with E-state index >= 15 is 0 Å². The number of carbonyl (C=O) groups excluding carboxylic acids is 1. The van der Waals surface area contributed by atoms with Crippen LogP contribution in [0.2, 0.25) is 0 Å². The predicted octanol–water partition coefficient (Wildman–Crippen LogP) is 3.51. The Labute approximate surface area is 197 Å². The van der Waals surface area contributed by atoms with Crippen molar-refractivity contribution in [1.29, 1.82) is 0 Å². The smallest absolute Gasteiger partial charge is 0.261 e. The molecule has 1 amide bonds. The van der Waals surface area contributed by atoms with Gasteiger partial charge in [-0.2, -0.15) is 0 Å². The zero-order valence-corrected chi connectivity index (χ0v) is 20.9. The third-order valence-electron chi connectivity index (χ3n) is 5.18. The summed E-state index contributed by atoms with van der Waals surface area (Å²) in [5.41, 5.74) is 5.25. The Morgan fingerprint density at radius 3 is 2.24 bits per heavy atom. The first-order valence-electron chi connectivity index (χ1n) is 10.4. The van der Waals surface area contributed by atoms with E-state index in [1.165, 1.54) is 37.7 Å². The normalized spacial score (nSPS) is 13.8. The third kappa shape index (κ3) is 4.68. The summed E-state index contributed by atoms with van der Waals surface area (Å²) in [6, 6.07) is 9.54. The van der Waals surface area contributed by atoms with Gasteiger partial charge in [0.2, 0.25) is 5.60 Å². The Hall–Kier alpha value is -2.69. The third-order valence-corrected chi connectivity index (χ3v) is 8.04. The highest BCUT2D eigenvalue weighted by Crippen LogP contribution is 2.42. The Morgan fingerprint density at radius 2 is 1.73 bits per heavy atom. The van der Waals surface area contributed by atoms with Crippen molar-refractivity contribution in [2.75, 3.05) is 26.6 Å². The molecule has 1 unspecified atom stereocenters. The molecule has 1 heterocycles. The number of hydrogen-bond acceptors (Lipinski definition) is 8. The highest BCUT2D eigenvalue weighted by atomic mass is 32.2. The molecule has 0 radical (unpaired) electrons. The number of fused-ring (bicyclic) bond motifs is 1. The number of ether oxygens (including phenoxy) is 3. The van der Waals surface area contributed by atoms with Gasteiger partial charge >= 0.3 is 0 Å². The maximum Gasteiger partial charge on any atom is 0.261 e. The first kappa shape index (κ1) is 24.9. The number of methoxy groups -OCH3 is 2. The Kier molecular flexibility index (Phi) is 7.30. The maximum absolute atomic E-state index is 13.0. The zero-order valence-electron chi connectivity index (χ0n) is 19.2. The average molecular weight is 493 g/mol. The van der Waals surface area contributed by atoms with Crippen LogP contribution in [0.15, 0.2) is 41.3 Å². The van der Waals surface area contributed by atoms with Gasteiger partial charge in [-0.1, -0.05) is 32.9 Å². The van der Waals surface area contributed by atoms with E-state index in [2.05, 4.69) is 4.98 Å². The van der Waals surface area contributed by atoms with Crippen LogP contribution in [0, 0.1) is 5.92 Å². The Bertz CT molecular complexity index is 1210. The van der Waals surface area contributed by atoms with E-state index in [-0.39, 0.29) is 23.2 Å². The molecule has 1 atom stereocenters. The summed E-state index contributed by atoms with van der Waals surface area (Å²) in [6.45, 7) is 5.72. The summed E-state index contributed by atoms with van der Waals surface area (Å²) in [5, 5.41) is 0.340. The lowest BCUT2D eigenvalue weighted by Gasteiger charge is -2.30. The maximum atomic E-state index is 13.0. The molecule has 3 aromatic rings. The fraction of sp³-hybridized carbons (Fsp3) is 0.391. The van der Waals surface area contributed by atoms with Gasteiger partial charge < -0.3 is 19.9 Å². The Morgan fingerprint density at radius 1 is 1.12 bits per heavy atom. The van der Waals surface area contributed by atoms with Crippen molar-refractivity contribution >= 4 is 37.3 Å². The van der Waals surface area contributed by atoms with Gasteiger partial charge in [-0.3, -0.25) is 4.79 Å². The summed E-state index contributed by atoms with van der Waals surface area (Å²) in [6.07, 6.45) is 0. The number of aromatic nitrogens is 1. The Balaban J connectivity index is 2.24. The number of benzene rings is 2. The zero-order chi connectivity index (χ0) is 24.4. The standard InChI is InChI=1S/C23H28N2O6S2/c1-6-33(27,28)16-9-7-15(8-10-16)23(21(24)26,31-13-14(2)3)22-25-17-11-18(29-4)19(30-5)12-20(17)32-22/h7-12,14H,6,13H2,1-5H3,(H2,24,26). The number of amides is 1. The lowest BCUT2D eigenvalue weighted by molar-refractivity contribution is -0.140. The number of nitrogens with zero attached hydrogens (tertiary/aromatic N) is 1. The van der Waals surface area contributed by atoms with Crippen LogP contribution < -0.4 is 15.2 Å². The monoisotopic (exact) mass is 492 g/mol. The molecule has 10 heteroatoms. The first-order chi connectivity index (χ1) is 15.6. The van der Waals surface area contributed by atoms with Gasteiger partial charge in [-0.15, -0.1) is 11.3 Å². The lowest BCUT2D eigenvalue weighted by Crippen LogP contribution is -2.45. The van der Waals surface area contributed by atoms with Crippen LogP contribution in [-0.2, 0) is 25.0 Å². The fourth-order valence-corrected chi connectivity index (χ4v) is 5.38. The van der Waals surface area contributed by atoms with Gasteiger partial charge in [0.25, 0.3) is 5.91 Å². The van der Waals surface area contributed by atoms with Gasteiger partial charge in [-0.25, -0.2) is 13.4 Å². The number of thiazole rings is 1. The van der Waals surface area contributed by atoms with E-state index in [1.54, 1.807) is 31.2 Å². The minimum Gasteiger partial charge on any atom is -0.493 e. The van der Waals surface area contributed by atoms with Crippen LogP contribution >= 0.6 is 11.3 Å². The molecule has 8 nitrogen and oxygen atoms in total. The number of primary amides is 1. The second-order valence-electron chi connectivity index (χ2n) is 7.87. The highest BCUT2D eigenvalue weighted by molar-refractivity contribution is 7.91. The molecule has 178 valence electrons. The number of rotatable bonds is 10. The van der Waals surface area contributed by atoms with Crippen LogP contribution in [0.25, 0.3) is 10.2 Å². The van der Waals surface area contributed by atoms with Crippen molar-refractivity contribution in [3.05, 3.63) is 47.0 Å². The molecular weight excluding hydrogens is 464 g/mol. The van der Waals surface area contributed by atoms with Gasteiger partial charge in [0.15, 0.2) is 21.3 Å². The van der Waals surface area contributed by atoms with Crippen LogP contribution in [0.3, 0.4) is 0 Å². The molecule has 1 aromatic heterocycles. The van der Waals surface area contributed by atoms with Gasteiger partial charge in [-0.05, 0) is 18.1 Å². The van der Waals surface area contributed by atoms with Crippen molar-refractivity contribution in [3.8, 4) is 11.5 Å². The summed E-state index contributed by atoms with van der Waals surface area (Å²) >= 11 is 1.25. The van der Waals surface area contributed by atoms with Crippen LogP contribution in [0.1, 0.15) is 31.3 Å². The van der Waals surface area contributed by atoms with E-state index in [4.69, 9.17) is 19.9 Å². The molecule has 2 aromatic carbocycles. The van der Waals surface area contributed by atoms with Gasteiger partial charge in [0.1, 0.15) is 5.01 Å². The molecule has 0 fully saturated rings.